The molecule has 0 unspecified atom stereocenters. The van der Waals surface area contributed by atoms with Crippen molar-refractivity contribution in [3.8, 4) is 0 Å². The SMILES string of the molecule is NCC1CCN(S(=O)(=O)c2cc([N+](=O)[O-])c(Cl)s2)CC1. The summed E-state index contributed by atoms with van der Waals surface area (Å²) < 4.78 is 25.9. The number of halogens is 1. The highest BCUT2D eigenvalue weighted by Gasteiger charge is 2.32. The van der Waals surface area contributed by atoms with Gasteiger partial charge in [0, 0.05) is 19.2 Å². The number of nitrogens with two attached hydrogens (primary N) is 1. The third-order valence-electron chi connectivity index (χ3n) is 3.34. The van der Waals surface area contributed by atoms with E-state index in [0.29, 0.717) is 38.4 Å². The monoisotopic (exact) mass is 339 g/mol. The lowest BCUT2D eigenvalue weighted by Gasteiger charge is -2.29. The summed E-state index contributed by atoms with van der Waals surface area (Å²) in [5.41, 5.74) is 5.20. The van der Waals surface area contributed by atoms with Gasteiger partial charge in [-0.25, -0.2) is 8.42 Å². The molecule has 0 saturated carbocycles. The van der Waals surface area contributed by atoms with E-state index in [9.17, 15) is 18.5 Å². The molecule has 1 aliphatic rings. The smallest absolute Gasteiger partial charge is 0.300 e. The lowest BCUT2D eigenvalue weighted by Crippen LogP contribution is -2.39. The quantitative estimate of drug-likeness (QED) is 0.663. The third-order valence-corrected chi connectivity index (χ3v) is 7.03. The molecule has 0 bridgehead atoms. The molecule has 7 nitrogen and oxygen atoms in total. The van der Waals surface area contributed by atoms with Gasteiger partial charge in [-0.1, -0.05) is 11.6 Å². The fourth-order valence-corrected chi connectivity index (χ4v) is 5.39. The number of hydrogen-bond acceptors (Lipinski definition) is 6. The first-order valence-electron chi connectivity index (χ1n) is 6.00. The van der Waals surface area contributed by atoms with Gasteiger partial charge in [0.15, 0.2) is 4.34 Å². The molecule has 0 amide bonds. The standard InChI is InChI=1S/C10H14ClN3O4S2/c11-10-8(14(15)16)5-9(19-10)20(17,18)13-3-1-7(6-12)2-4-13/h5,7H,1-4,6,12H2. The highest BCUT2D eigenvalue weighted by atomic mass is 35.5. The Morgan fingerprint density at radius 1 is 1.50 bits per heavy atom. The molecule has 1 saturated heterocycles. The average Bonchev–Trinajstić information content (AvgIpc) is 2.82. The van der Waals surface area contributed by atoms with Crippen LogP contribution in [0.25, 0.3) is 0 Å². The van der Waals surface area contributed by atoms with Crippen LogP contribution in [0.2, 0.25) is 4.34 Å². The lowest BCUT2D eigenvalue weighted by molar-refractivity contribution is -0.384. The van der Waals surface area contributed by atoms with E-state index < -0.39 is 14.9 Å². The predicted molar refractivity (Wildman–Crippen MR) is 76.5 cm³/mol. The van der Waals surface area contributed by atoms with E-state index in [4.69, 9.17) is 17.3 Å². The summed E-state index contributed by atoms with van der Waals surface area (Å²) in [5, 5.41) is 10.7. The third kappa shape index (κ3) is 2.96. The van der Waals surface area contributed by atoms with Crippen molar-refractivity contribution in [1.29, 1.82) is 0 Å². The minimum absolute atomic E-state index is 0.0830. The van der Waals surface area contributed by atoms with E-state index in [2.05, 4.69) is 0 Å². The van der Waals surface area contributed by atoms with Crippen molar-refractivity contribution >= 4 is 38.6 Å². The van der Waals surface area contributed by atoms with Crippen LogP contribution in [0.5, 0.6) is 0 Å². The van der Waals surface area contributed by atoms with Crippen molar-refractivity contribution in [3.63, 3.8) is 0 Å². The maximum absolute atomic E-state index is 12.4. The molecular weight excluding hydrogens is 326 g/mol. The normalized spacial score (nSPS) is 18.3. The second kappa shape index (κ2) is 5.94. The predicted octanol–water partition coefficient (Wildman–Crippen LogP) is 1.67. The van der Waals surface area contributed by atoms with E-state index in [0.717, 1.165) is 17.4 Å². The zero-order chi connectivity index (χ0) is 14.9. The molecule has 0 aromatic carbocycles. The topological polar surface area (TPSA) is 107 Å². The van der Waals surface area contributed by atoms with Gasteiger partial charge in [0.2, 0.25) is 0 Å². The molecule has 1 aliphatic heterocycles. The van der Waals surface area contributed by atoms with Crippen molar-refractivity contribution in [3.05, 3.63) is 20.5 Å². The minimum atomic E-state index is -3.71. The van der Waals surface area contributed by atoms with E-state index >= 15 is 0 Å². The largest absolute Gasteiger partial charge is 0.330 e. The molecule has 2 heterocycles. The number of nitrogens with zero attached hydrogens (tertiary/aromatic N) is 2. The maximum atomic E-state index is 12.4. The fourth-order valence-electron chi connectivity index (χ4n) is 2.10. The second-order valence-corrected chi connectivity index (χ2v) is 8.38. The first-order valence-corrected chi connectivity index (χ1v) is 8.63. The number of piperidine rings is 1. The van der Waals surface area contributed by atoms with Gasteiger partial charge in [0.05, 0.1) is 4.92 Å². The number of thiophene rings is 1. The molecule has 112 valence electrons. The molecule has 0 atom stereocenters. The number of nitro groups is 1. The van der Waals surface area contributed by atoms with E-state index in [-0.39, 0.29) is 14.2 Å². The second-order valence-electron chi connectivity index (χ2n) is 4.56. The van der Waals surface area contributed by atoms with Crippen molar-refractivity contribution in [2.75, 3.05) is 19.6 Å². The molecule has 1 aromatic rings. The molecule has 1 aromatic heterocycles. The van der Waals surface area contributed by atoms with Gasteiger partial charge in [0.1, 0.15) is 4.21 Å². The number of rotatable bonds is 4. The van der Waals surface area contributed by atoms with Crippen LogP contribution in [-0.4, -0.2) is 37.3 Å². The molecule has 0 radical (unpaired) electrons. The van der Waals surface area contributed by atoms with Crippen LogP contribution in [0.4, 0.5) is 5.69 Å². The summed E-state index contributed by atoms with van der Waals surface area (Å²) in [5.74, 6) is 0.336. The molecule has 10 heteroatoms. The van der Waals surface area contributed by atoms with Crippen LogP contribution in [0.1, 0.15) is 12.8 Å². The summed E-state index contributed by atoms with van der Waals surface area (Å²) >= 11 is 6.43. The molecule has 2 N–H and O–H groups in total. The van der Waals surface area contributed by atoms with Crippen molar-refractivity contribution in [1.82, 2.24) is 4.31 Å². The molecule has 0 spiro atoms. The van der Waals surface area contributed by atoms with Gasteiger partial charge >= 0.3 is 0 Å². The molecular formula is C10H14ClN3O4S2. The Hall–Kier alpha value is -0.740. The van der Waals surface area contributed by atoms with Gasteiger partial charge in [-0.15, -0.1) is 11.3 Å². The highest BCUT2D eigenvalue weighted by Crippen LogP contribution is 2.38. The Balaban J connectivity index is 2.23. The van der Waals surface area contributed by atoms with Gasteiger partial charge in [-0.05, 0) is 25.3 Å². The Kier molecular flexibility index (Phi) is 4.65. The summed E-state index contributed by atoms with van der Waals surface area (Å²) in [6.45, 7) is 1.31. The van der Waals surface area contributed by atoms with Gasteiger partial charge in [0.25, 0.3) is 15.7 Å². The van der Waals surface area contributed by atoms with Gasteiger partial charge in [-0.2, -0.15) is 4.31 Å². The van der Waals surface area contributed by atoms with Crippen LogP contribution in [0, 0.1) is 16.0 Å². The number of sulfonamides is 1. The first kappa shape index (κ1) is 15.6. The van der Waals surface area contributed by atoms with Crippen molar-refractivity contribution < 1.29 is 13.3 Å². The average molecular weight is 340 g/mol. The molecule has 2 rings (SSSR count). The van der Waals surface area contributed by atoms with Crippen LogP contribution < -0.4 is 5.73 Å². The van der Waals surface area contributed by atoms with Crippen LogP contribution in [0.15, 0.2) is 10.3 Å². The van der Waals surface area contributed by atoms with E-state index in [1.807, 2.05) is 0 Å². The van der Waals surface area contributed by atoms with Crippen LogP contribution >= 0.6 is 22.9 Å². The van der Waals surface area contributed by atoms with Crippen molar-refractivity contribution in [2.24, 2.45) is 11.7 Å². The van der Waals surface area contributed by atoms with Gasteiger partial charge < -0.3 is 5.73 Å². The Morgan fingerprint density at radius 3 is 2.55 bits per heavy atom. The summed E-state index contributed by atoms with van der Waals surface area (Å²) in [7, 11) is -3.71. The van der Waals surface area contributed by atoms with E-state index in [1.54, 1.807) is 0 Å². The zero-order valence-corrected chi connectivity index (χ0v) is 12.9. The lowest BCUT2D eigenvalue weighted by atomic mass is 9.99. The van der Waals surface area contributed by atoms with Crippen molar-refractivity contribution in [2.45, 2.75) is 17.1 Å². The zero-order valence-electron chi connectivity index (χ0n) is 10.5. The molecule has 20 heavy (non-hydrogen) atoms. The van der Waals surface area contributed by atoms with Crippen LogP contribution in [-0.2, 0) is 10.0 Å². The summed E-state index contributed by atoms with van der Waals surface area (Å²) in [6.07, 6.45) is 1.41. The first-order chi connectivity index (χ1) is 9.36. The Bertz CT molecular complexity index is 608. The van der Waals surface area contributed by atoms with Crippen LogP contribution in [0.3, 0.4) is 0 Å². The van der Waals surface area contributed by atoms with Gasteiger partial charge in [-0.3, -0.25) is 10.1 Å². The summed E-state index contributed by atoms with van der Waals surface area (Å²) in [6, 6.07) is 1.03. The summed E-state index contributed by atoms with van der Waals surface area (Å²) in [4.78, 5) is 10.0. The minimum Gasteiger partial charge on any atom is -0.330 e. The molecule has 1 fully saturated rings. The maximum Gasteiger partial charge on any atom is 0.300 e. The Morgan fingerprint density at radius 2 is 2.10 bits per heavy atom. The molecule has 0 aliphatic carbocycles. The highest BCUT2D eigenvalue weighted by molar-refractivity contribution is 7.91. The fraction of sp³-hybridized carbons (Fsp3) is 0.600. The number of hydrogen-bond donors (Lipinski definition) is 1. The Labute approximate surface area is 125 Å². The van der Waals surface area contributed by atoms with E-state index in [1.165, 1.54) is 4.31 Å².